The number of carbonyl (C=O) groups is 1. The summed E-state index contributed by atoms with van der Waals surface area (Å²) >= 11 is 1.17. The Balaban J connectivity index is 1.46. The van der Waals surface area contributed by atoms with E-state index in [1.54, 1.807) is 4.57 Å². The Morgan fingerprint density at radius 1 is 1.24 bits per heavy atom. The third-order valence-corrected chi connectivity index (χ3v) is 5.22. The molecule has 1 N–H and O–H groups in total. The molecule has 6 nitrogen and oxygen atoms in total. The van der Waals surface area contributed by atoms with Crippen molar-refractivity contribution >= 4 is 22.9 Å². The molecule has 0 aliphatic carbocycles. The molecule has 0 bridgehead atoms. The number of anilines is 1. The lowest BCUT2D eigenvalue weighted by Crippen LogP contribution is -2.36. The van der Waals surface area contributed by atoms with E-state index in [4.69, 9.17) is 4.74 Å². The van der Waals surface area contributed by atoms with Crippen LogP contribution >= 0.6 is 11.3 Å². The lowest BCUT2D eigenvalue weighted by Gasteiger charge is -2.28. The summed E-state index contributed by atoms with van der Waals surface area (Å²) in [6.07, 6.45) is 0.309. The molecule has 1 aromatic heterocycles. The number of amides is 1. The number of ether oxygens (including phenoxy) is 1. The highest BCUT2D eigenvalue weighted by Gasteiger charge is 2.11. The van der Waals surface area contributed by atoms with E-state index in [2.05, 4.69) is 22.3 Å². The molecule has 1 aromatic carbocycles. The summed E-state index contributed by atoms with van der Waals surface area (Å²) in [5, 5.41) is 4.73. The molecule has 2 aromatic rings. The predicted molar refractivity (Wildman–Crippen MR) is 99.3 cm³/mol. The van der Waals surface area contributed by atoms with Gasteiger partial charge < -0.3 is 19.5 Å². The van der Waals surface area contributed by atoms with Crippen LogP contribution in [0, 0.1) is 6.92 Å². The number of aromatic nitrogens is 1. The maximum absolute atomic E-state index is 12.0. The van der Waals surface area contributed by atoms with E-state index in [1.807, 2.05) is 24.4 Å². The molecule has 1 aliphatic heterocycles. The zero-order valence-corrected chi connectivity index (χ0v) is 15.2. The van der Waals surface area contributed by atoms with Crippen LogP contribution in [0.5, 0.6) is 0 Å². The highest BCUT2D eigenvalue weighted by Crippen LogP contribution is 2.16. The molecule has 0 radical (unpaired) electrons. The molecule has 134 valence electrons. The van der Waals surface area contributed by atoms with Crippen molar-refractivity contribution in [1.82, 2.24) is 9.88 Å². The highest BCUT2D eigenvalue weighted by molar-refractivity contribution is 7.07. The quantitative estimate of drug-likeness (QED) is 0.852. The number of aryl methyl sites for hydroxylation is 1. The Kier molecular flexibility index (Phi) is 5.88. The SMILES string of the molecule is Cc1csc(=O)n1CCC(=O)NCc1ccc(N2CCOCC2)cc1. The van der Waals surface area contributed by atoms with E-state index in [0.29, 0.717) is 19.5 Å². The van der Waals surface area contributed by atoms with Crippen molar-refractivity contribution in [2.75, 3.05) is 31.2 Å². The van der Waals surface area contributed by atoms with Gasteiger partial charge in [-0.25, -0.2) is 0 Å². The Bertz CT molecular complexity index is 761. The maximum Gasteiger partial charge on any atom is 0.307 e. The van der Waals surface area contributed by atoms with Crippen molar-refractivity contribution in [2.24, 2.45) is 0 Å². The summed E-state index contributed by atoms with van der Waals surface area (Å²) in [6, 6.07) is 8.25. The Labute approximate surface area is 151 Å². The molecule has 0 unspecified atom stereocenters. The molecule has 25 heavy (non-hydrogen) atoms. The number of thiazole rings is 1. The van der Waals surface area contributed by atoms with Crippen molar-refractivity contribution in [3.05, 3.63) is 50.6 Å². The minimum absolute atomic E-state index is 0.0102. The molecular weight excluding hydrogens is 338 g/mol. The molecule has 0 atom stereocenters. The molecule has 1 amide bonds. The zero-order chi connectivity index (χ0) is 17.6. The van der Waals surface area contributed by atoms with Gasteiger partial charge in [-0.1, -0.05) is 23.5 Å². The van der Waals surface area contributed by atoms with E-state index in [9.17, 15) is 9.59 Å². The first kappa shape index (κ1) is 17.7. The topological polar surface area (TPSA) is 63.6 Å². The largest absolute Gasteiger partial charge is 0.378 e. The molecule has 1 fully saturated rings. The van der Waals surface area contributed by atoms with Gasteiger partial charge in [0.05, 0.1) is 13.2 Å². The second-order valence-corrected chi connectivity index (χ2v) is 6.91. The van der Waals surface area contributed by atoms with Crippen molar-refractivity contribution in [1.29, 1.82) is 0 Å². The minimum atomic E-state index is -0.0465. The van der Waals surface area contributed by atoms with E-state index < -0.39 is 0 Å². The summed E-state index contributed by atoms with van der Waals surface area (Å²) in [5.74, 6) is -0.0465. The van der Waals surface area contributed by atoms with Gasteiger partial charge >= 0.3 is 4.87 Å². The van der Waals surface area contributed by atoms with Crippen LogP contribution in [0.4, 0.5) is 5.69 Å². The fourth-order valence-corrected chi connectivity index (χ4v) is 3.58. The van der Waals surface area contributed by atoms with Crippen molar-refractivity contribution in [3.8, 4) is 0 Å². The van der Waals surface area contributed by atoms with Gasteiger partial charge in [0.2, 0.25) is 5.91 Å². The lowest BCUT2D eigenvalue weighted by atomic mass is 10.2. The van der Waals surface area contributed by atoms with Crippen LogP contribution in [-0.4, -0.2) is 36.8 Å². The third kappa shape index (κ3) is 4.70. The molecule has 1 aliphatic rings. The minimum Gasteiger partial charge on any atom is -0.378 e. The van der Waals surface area contributed by atoms with Crippen molar-refractivity contribution in [3.63, 3.8) is 0 Å². The number of carbonyl (C=O) groups excluding carboxylic acids is 1. The average molecular weight is 361 g/mol. The standard InChI is InChI=1S/C18H23N3O3S/c1-14-13-25-18(23)21(14)7-6-17(22)19-12-15-2-4-16(5-3-15)20-8-10-24-11-9-20/h2-5,13H,6-12H2,1H3,(H,19,22). The molecule has 3 rings (SSSR count). The van der Waals surface area contributed by atoms with Crippen LogP contribution in [0.3, 0.4) is 0 Å². The monoisotopic (exact) mass is 361 g/mol. The molecular formula is C18H23N3O3S. The number of benzene rings is 1. The third-order valence-electron chi connectivity index (χ3n) is 4.34. The van der Waals surface area contributed by atoms with Gasteiger partial charge in [0.1, 0.15) is 0 Å². The number of hydrogen-bond acceptors (Lipinski definition) is 5. The van der Waals surface area contributed by atoms with E-state index in [0.717, 1.165) is 37.6 Å². The lowest BCUT2D eigenvalue weighted by molar-refractivity contribution is -0.121. The van der Waals surface area contributed by atoms with E-state index >= 15 is 0 Å². The van der Waals surface area contributed by atoms with Crippen molar-refractivity contribution in [2.45, 2.75) is 26.4 Å². The summed E-state index contributed by atoms with van der Waals surface area (Å²) in [4.78, 5) is 25.9. The van der Waals surface area contributed by atoms with E-state index in [-0.39, 0.29) is 10.8 Å². The molecule has 0 spiro atoms. The number of nitrogens with zero attached hydrogens (tertiary/aromatic N) is 2. The Hall–Kier alpha value is -2.12. The molecule has 7 heteroatoms. The first-order valence-electron chi connectivity index (χ1n) is 8.47. The van der Waals surface area contributed by atoms with Gasteiger partial charge in [0.25, 0.3) is 0 Å². The van der Waals surface area contributed by atoms with Crippen LogP contribution in [0.1, 0.15) is 17.7 Å². The van der Waals surface area contributed by atoms with Crippen LogP contribution < -0.4 is 15.1 Å². The molecule has 1 saturated heterocycles. The van der Waals surface area contributed by atoms with Crippen LogP contribution in [0.25, 0.3) is 0 Å². The fraction of sp³-hybridized carbons (Fsp3) is 0.444. The maximum atomic E-state index is 12.0. The van der Waals surface area contributed by atoms with Gasteiger partial charge in [0, 0.05) is 49.4 Å². The first-order valence-corrected chi connectivity index (χ1v) is 9.35. The van der Waals surface area contributed by atoms with E-state index in [1.165, 1.54) is 17.0 Å². The van der Waals surface area contributed by atoms with Crippen LogP contribution in [-0.2, 0) is 22.6 Å². The van der Waals surface area contributed by atoms with Gasteiger partial charge in [-0.2, -0.15) is 0 Å². The smallest absolute Gasteiger partial charge is 0.307 e. The summed E-state index contributed by atoms with van der Waals surface area (Å²) < 4.78 is 7.00. The fourth-order valence-electron chi connectivity index (χ4n) is 2.82. The summed E-state index contributed by atoms with van der Waals surface area (Å²) in [6.45, 7) is 6.17. The molecule has 2 heterocycles. The summed E-state index contributed by atoms with van der Waals surface area (Å²) in [5.41, 5.74) is 3.15. The second kappa shape index (κ2) is 8.31. The number of morpholine rings is 1. The second-order valence-electron chi connectivity index (χ2n) is 6.09. The van der Waals surface area contributed by atoms with Gasteiger partial charge in [-0.3, -0.25) is 9.59 Å². The summed E-state index contributed by atoms with van der Waals surface area (Å²) in [7, 11) is 0. The number of nitrogens with one attached hydrogen (secondary N) is 1. The van der Waals surface area contributed by atoms with Crippen LogP contribution in [0.15, 0.2) is 34.4 Å². The van der Waals surface area contributed by atoms with Gasteiger partial charge in [-0.15, -0.1) is 0 Å². The predicted octanol–water partition coefficient (Wildman–Crippen LogP) is 1.76. The van der Waals surface area contributed by atoms with Crippen LogP contribution in [0.2, 0.25) is 0 Å². The van der Waals surface area contributed by atoms with Gasteiger partial charge in [-0.05, 0) is 24.6 Å². The highest BCUT2D eigenvalue weighted by atomic mass is 32.1. The first-order chi connectivity index (χ1) is 12.1. The Morgan fingerprint density at radius 2 is 1.96 bits per heavy atom. The molecule has 0 saturated carbocycles. The number of hydrogen-bond donors (Lipinski definition) is 1. The zero-order valence-electron chi connectivity index (χ0n) is 14.4. The van der Waals surface area contributed by atoms with Gasteiger partial charge in [0.15, 0.2) is 0 Å². The number of rotatable bonds is 6. The normalized spacial score (nSPS) is 14.5. The van der Waals surface area contributed by atoms with Crippen molar-refractivity contribution < 1.29 is 9.53 Å². The average Bonchev–Trinajstić information content (AvgIpc) is 2.97. The Morgan fingerprint density at radius 3 is 2.60 bits per heavy atom.